The van der Waals surface area contributed by atoms with Crippen LogP contribution in [0.4, 0.5) is 4.39 Å². The average molecular weight is 289 g/mol. The predicted molar refractivity (Wildman–Crippen MR) is 56.8 cm³/mol. The Morgan fingerprint density at radius 3 is 2.44 bits per heavy atom. The van der Waals surface area contributed by atoms with Crippen molar-refractivity contribution in [3.63, 3.8) is 0 Å². The number of aliphatic carboxylic acids is 1. The normalized spacial score (nSPS) is 11.2. The van der Waals surface area contributed by atoms with Crippen molar-refractivity contribution in [1.29, 1.82) is 0 Å². The molecule has 4 nitrogen and oxygen atoms in total. The summed E-state index contributed by atoms with van der Waals surface area (Å²) < 4.78 is 12.9. The number of carbonyl (C=O) groups is 2. The summed E-state index contributed by atoms with van der Waals surface area (Å²) in [6.07, 6.45) is 0.556. The molecular formula is C10H6BrFO4. The van der Waals surface area contributed by atoms with E-state index in [0.717, 1.165) is 12.1 Å². The Balaban J connectivity index is 3.07. The van der Waals surface area contributed by atoms with E-state index in [1.54, 1.807) is 0 Å². The SMILES string of the molecule is O=C(O)/C(O)=C/C(=O)c1ccc(F)cc1Br. The fraction of sp³-hybridized carbons (Fsp3) is 0. The van der Waals surface area contributed by atoms with Crippen LogP contribution in [0.1, 0.15) is 10.4 Å². The van der Waals surface area contributed by atoms with Crippen LogP contribution in [-0.2, 0) is 4.79 Å². The summed E-state index contributed by atoms with van der Waals surface area (Å²) in [6.45, 7) is 0. The first-order valence-corrected chi connectivity index (χ1v) is 4.84. The molecule has 1 aromatic rings. The van der Waals surface area contributed by atoms with Gasteiger partial charge >= 0.3 is 5.97 Å². The fourth-order valence-corrected chi connectivity index (χ4v) is 1.50. The number of aliphatic hydroxyl groups excluding tert-OH is 1. The zero-order valence-electron chi connectivity index (χ0n) is 7.78. The minimum atomic E-state index is -1.61. The molecule has 0 spiro atoms. The number of benzene rings is 1. The van der Waals surface area contributed by atoms with Crippen LogP contribution in [0.2, 0.25) is 0 Å². The molecule has 0 bridgehead atoms. The molecule has 0 aromatic heterocycles. The molecule has 0 aliphatic heterocycles. The third-order valence-electron chi connectivity index (χ3n) is 1.68. The van der Waals surface area contributed by atoms with E-state index in [9.17, 15) is 14.0 Å². The summed E-state index contributed by atoms with van der Waals surface area (Å²) in [7, 11) is 0. The predicted octanol–water partition coefficient (Wildman–Crippen LogP) is 2.30. The van der Waals surface area contributed by atoms with Crippen LogP contribution < -0.4 is 0 Å². The number of rotatable bonds is 3. The molecule has 0 saturated carbocycles. The smallest absolute Gasteiger partial charge is 0.371 e. The average Bonchev–Trinajstić information content (AvgIpc) is 2.16. The molecule has 0 amide bonds. The van der Waals surface area contributed by atoms with Crippen molar-refractivity contribution in [3.8, 4) is 0 Å². The molecule has 0 aliphatic rings. The molecule has 1 rings (SSSR count). The standard InChI is InChI=1S/C10H6BrFO4/c11-7-3-5(12)1-2-6(7)8(13)4-9(14)10(15)16/h1-4,14H,(H,15,16)/b9-4-. The third-order valence-corrected chi connectivity index (χ3v) is 2.34. The van der Waals surface area contributed by atoms with Gasteiger partial charge in [0, 0.05) is 16.1 Å². The number of ketones is 1. The minimum Gasteiger partial charge on any atom is -0.502 e. The fourth-order valence-electron chi connectivity index (χ4n) is 0.953. The number of halogens is 2. The van der Waals surface area contributed by atoms with Crippen LogP contribution >= 0.6 is 15.9 Å². The molecule has 16 heavy (non-hydrogen) atoms. The van der Waals surface area contributed by atoms with E-state index < -0.39 is 23.3 Å². The topological polar surface area (TPSA) is 74.6 Å². The van der Waals surface area contributed by atoms with E-state index in [4.69, 9.17) is 10.2 Å². The van der Waals surface area contributed by atoms with Crippen LogP contribution in [-0.4, -0.2) is 22.0 Å². The highest BCUT2D eigenvalue weighted by Gasteiger charge is 2.12. The Bertz CT molecular complexity index is 482. The maximum Gasteiger partial charge on any atom is 0.371 e. The van der Waals surface area contributed by atoms with Gasteiger partial charge in [-0.3, -0.25) is 4.79 Å². The second-order valence-corrected chi connectivity index (χ2v) is 3.68. The molecule has 6 heteroatoms. The molecule has 0 fully saturated rings. The van der Waals surface area contributed by atoms with Gasteiger partial charge in [0.25, 0.3) is 0 Å². The highest BCUT2D eigenvalue weighted by atomic mass is 79.9. The zero-order valence-corrected chi connectivity index (χ0v) is 9.36. The van der Waals surface area contributed by atoms with E-state index in [1.165, 1.54) is 6.07 Å². The maximum absolute atomic E-state index is 12.7. The number of allylic oxidation sites excluding steroid dienone is 1. The summed E-state index contributed by atoms with van der Waals surface area (Å²) in [5, 5.41) is 17.2. The van der Waals surface area contributed by atoms with Crippen molar-refractivity contribution in [2.75, 3.05) is 0 Å². The summed E-state index contributed by atoms with van der Waals surface area (Å²) in [6, 6.07) is 3.32. The van der Waals surface area contributed by atoms with E-state index in [-0.39, 0.29) is 10.0 Å². The van der Waals surface area contributed by atoms with Gasteiger partial charge < -0.3 is 10.2 Å². The summed E-state index contributed by atoms with van der Waals surface area (Å²) in [4.78, 5) is 21.7. The molecule has 0 radical (unpaired) electrons. The molecular weight excluding hydrogens is 283 g/mol. The van der Waals surface area contributed by atoms with Gasteiger partial charge in [-0.05, 0) is 34.1 Å². The zero-order chi connectivity index (χ0) is 12.3. The molecule has 0 saturated heterocycles. The molecule has 0 unspecified atom stereocenters. The lowest BCUT2D eigenvalue weighted by molar-refractivity contribution is -0.135. The Morgan fingerprint density at radius 1 is 1.31 bits per heavy atom. The monoisotopic (exact) mass is 288 g/mol. The van der Waals surface area contributed by atoms with Crippen molar-refractivity contribution in [3.05, 3.63) is 45.9 Å². The second kappa shape index (κ2) is 4.89. The summed E-state index contributed by atoms with van der Waals surface area (Å²) >= 11 is 2.96. The first kappa shape index (κ1) is 12.4. The first-order valence-electron chi connectivity index (χ1n) is 4.05. The van der Waals surface area contributed by atoms with Gasteiger partial charge in [-0.25, -0.2) is 9.18 Å². The highest BCUT2D eigenvalue weighted by Crippen LogP contribution is 2.19. The largest absolute Gasteiger partial charge is 0.502 e. The van der Waals surface area contributed by atoms with Gasteiger partial charge in [0.1, 0.15) is 5.82 Å². The van der Waals surface area contributed by atoms with E-state index in [1.807, 2.05) is 0 Å². The minimum absolute atomic E-state index is 0.0641. The van der Waals surface area contributed by atoms with Crippen LogP contribution in [0.15, 0.2) is 34.5 Å². The van der Waals surface area contributed by atoms with Gasteiger partial charge in [0.2, 0.25) is 5.76 Å². The Hall–Kier alpha value is -1.69. The number of aliphatic hydroxyl groups is 1. The molecule has 84 valence electrons. The van der Waals surface area contributed by atoms with Crippen LogP contribution in [0.3, 0.4) is 0 Å². The molecule has 2 N–H and O–H groups in total. The van der Waals surface area contributed by atoms with Gasteiger partial charge in [0.05, 0.1) is 0 Å². The Morgan fingerprint density at radius 2 is 1.94 bits per heavy atom. The Kier molecular flexibility index (Phi) is 3.78. The third kappa shape index (κ3) is 2.90. The van der Waals surface area contributed by atoms with E-state index in [0.29, 0.717) is 6.08 Å². The molecule has 0 aliphatic carbocycles. The van der Waals surface area contributed by atoms with Crippen molar-refractivity contribution >= 4 is 27.7 Å². The lowest BCUT2D eigenvalue weighted by Gasteiger charge is -2.00. The number of carboxylic acids is 1. The van der Waals surface area contributed by atoms with Crippen molar-refractivity contribution in [2.24, 2.45) is 0 Å². The van der Waals surface area contributed by atoms with Gasteiger partial charge in [0.15, 0.2) is 5.78 Å². The van der Waals surface area contributed by atoms with E-state index >= 15 is 0 Å². The Labute approximate surface area is 98.1 Å². The number of carbonyl (C=O) groups excluding carboxylic acids is 1. The lowest BCUT2D eigenvalue weighted by atomic mass is 10.1. The summed E-state index contributed by atoms with van der Waals surface area (Å²) in [5.41, 5.74) is 0.0641. The maximum atomic E-state index is 12.7. The molecule has 0 heterocycles. The number of hydrogen-bond acceptors (Lipinski definition) is 3. The highest BCUT2D eigenvalue weighted by molar-refractivity contribution is 9.10. The number of hydrogen-bond donors (Lipinski definition) is 2. The van der Waals surface area contributed by atoms with E-state index in [2.05, 4.69) is 15.9 Å². The van der Waals surface area contributed by atoms with Crippen molar-refractivity contribution in [2.45, 2.75) is 0 Å². The molecule has 1 aromatic carbocycles. The number of carboxylic acid groups (broad SMARTS) is 1. The van der Waals surface area contributed by atoms with Crippen LogP contribution in [0, 0.1) is 5.82 Å². The second-order valence-electron chi connectivity index (χ2n) is 2.82. The van der Waals surface area contributed by atoms with Crippen molar-refractivity contribution in [1.82, 2.24) is 0 Å². The van der Waals surface area contributed by atoms with Crippen LogP contribution in [0.25, 0.3) is 0 Å². The van der Waals surface area contributed by atoms with Gasteiger partial charge in [-0.15, -0.1) is 0 Å². The lowest BCUT2D eigenvalue weighted by Crippen LogP contribution is -2.04. The van der Waals surface area contributed by atoms with Crippen molar-refractivity contribution < 1.29 is 24.2 Å². The van der Waals surface area contributed by atoms with Gasteiger partial charge in [-0.1, -0.05) is 0 Å². The van der Waals surface area contributed by atoms with Crippen LogP contribution in [0.5, 0.6) is 0 Å². The first-order chi connectivity index (χ1) is 7.41. The van der Waals surface area contributed by atoms with Gasteiger partial charge in [-0.2, -0.15) is 0 Å². The molecule has 0 atom stereocenters. The quantitative estimate of drug-likeness (QED) is 0.508. The summed E-state index contributed by atoms with van der Waals surface area (Å²) in [5.74, 6) is -3.94.